The second kappa shape index (κ2) is 4.72. The van der Waals surface area contributed by atoms with Crippen LogP contribution in [0.3, 0.4) is 0 Å². The van der Waals surface area contributed by atoms with Gasteiger partial charge in [0.1, 0.15) is 11.3 Å². The number of likely N-dealkylation sites (N-methyl/N-ethyl adjacent to an activating group) is 1. The molecular weight excluding hydrogens is 228 g/mol. The van der Waals surface area contributed by atoms with E-state index in [1.165, 1.54) is 0 Å². The molecule has 0 spiro atoms. The summed E-state index contributed by atoms with van der Waals surface area (Å²) in [5.74, 6) is 0.802. The van der Waals surface area contributed by atoms with E-state index < -0.39 is 0 Å². The number of hydrogen-bond donors (Lipinski definition) is 1. The van der Waals surface area contributed by atoms with Crippen molar-refractivity contribution in [2.24, 2.45) is 5.73 Å². The normalized spacial score (nSPS) is 23.3. The van der Waals surface area contributed by atoms with Crippen LogP contribution < -0.4 is 5.73 Å². The summed E-state index contributed by atoms with van der Waals surface area (Å²) in [6, 6.07) is 9.75. The maximum atomic E-state index is 6.25. The van der Waals surface area contributed by atoms with Crippen LogP contribution in [-0.4, -0.2) is 37.7 Å². The van der Waals surface area contributed by atoms with Gasteiger partial charge in [-0.3, -0.25) is 0 Å². The van der Waals surface area contributed by atoms with Gasteiger partial charge in [0.15, 0.2) is 0 Å². The van der Waals surface area contributed by atoms with Crippen LogP contribution in [0.4, 0.5) is 0 Å². The van der Waals surface area contributed by atoms with Gasteiger partial charge in [-0.15, -0.1) is 0 Å². The molecule has 96 valence electrons. The van der Waals surface area contributed by atoms with Crippen molar-refractivity contribution in [3.05, 3.63) is 36.1 Å². The van der Waals surface area contributed by atoms with Gasteiger partial charge in [-0.2, -0.15) is 0 Å². The van der Waals surface area contributed by atoms with Gasteiger partial charge in [0.05, 0.1) is 18.8 Å². The molecule has 2 atom stereocenters. The minimum absolute atomic E-state index is 0.00399. The molecular formula is C14H18N2O2. The van der Waals surface area contributed by atoms with Crippen LogP contribution >= 0.6 is 0 Å². The average molecular weight is 246 g/mol. The number of hydrogen-bond acceptors (Lipinski definition) is 4. The van der Waals surface area contributed by atoms with Gasteiger partial charge in [0, 0.05) is 18.5 Å². The average Bonchev–Trinajstić information content (AvgIpc) is 2.81. The van der Waals surface area contributed by atoms with E-state index >= 15 is 0 Å². The van der Waals surface area contributed by atoms with Crippen molar-refractivity contribution in [2.75, 3.05) is 26.7 Å². The van der Waals surface area contributed by atoms with E-state index in [0.29, 0.717) is 0 Å². The summed E-state index contributed by atoms with van der Waals surface area (Å²) in [6.07, 6.45) is 0.00399. The molecule has 1 saturated heterocycles. The van der Waals surface area contributed by atoms with Gasteiger partial charge < -0.3 is 19.8 Å². The summed E-state index contributed by atoms with van der Waals surface area (Å²) in [7, 11) is 2.08. The Morgan fingerprint density at radius 1 is 1.39 bits per heavy atom. The van der Waals surface area contributed by atoms with E-state index in [1.807, 2.05) is 30.3 Å². The molecule has 0 amide bonds. The SMILES string of the molecule is CN1CCOC(C(N)c2cc3ccccc3o2)C1. The minimum atomic E-state index is -0.208. The predicted octanol–water partition coefficient (Wildman–Crippen LogP) is 1.76. The van der Waals surface area contributed by atoms with E-state index in [9.17, 15) is 0 Å². The van der Waals surface area contributed by atoms with Crippen molar-refractivity contribution >= 4 is 11.0 Å². The zero-order valence-electron chi connectivity index (χ0n) is 10.5. The smallest absolute Gasteiger partial charge is 0.134 e. The highest BCUT2D eigenvalue weighted by Gasteiger charge is 2.27. The molecule has 3 rings (SSSR count). The van der Waals surface area contributed by atoms with E-state index in [2.05, 4.69) is 11.9 Å². The molecule has 0 aliphatic carbocycles. The van der Waals surface area contributed by atoms with Gasteiger partial charge in [0.25, 0.3) is 0 Å². The highest BCUT2D eigenvalue weighted by Crippen LogP contribution is 2.26. The molecule has 18 heavy (non-hydrogen) atoms. The first kappa shape index (κ1) is 11.7. The standard InChI is InChI=1S/C14H18N2O2/c1-16-6-7-17-13(9-16)14(15)12-8-10-4-2-3-5-11(10)18-12/h2-5,8,13-14H,6-7,9,15H2,1H3. The van der Waals surface area contributed by atoms with Gasteiger partial charge in [0.2, 0.25) is 0 Å². The predicted molar refractivity (Wildman–Crippen MR) is 70.4 cm³/mol. The first-order chi connectivity index (χ1) is 8.74. The summed E-state index contributed by atoms with van der Waals surface area (Å²) in [6.45, 7) is 2.54. The molecule has 1 aliphatic heterocycles. The summed E-state index contributed by atoms with van der Waals surface area (Å²) in [5.41, 5.74) is 7.13. The lowest BCUT2D eigenvalue weighted by Gasteiger charge is -2.32. The Morgan fingerprint density at radius 3 is 3.00 bits per heavy atom. The zero-order chi connectivity index (χ0) is 12.5. The van der Waals surface area contributed by atoms with Crippen LogP contribution in [0.15, 0.2) is 34.7 Å². The van der Waals surface area contributed by atoms with Crippen molar-refractivity contribution in [1.29, 1.82) is 0 Å². The number of morpholine rings is 1. The van der Waals surface area contributed by atoms with Crippen LogP contribution in [0.1, 0.15) is 11.8 Å². The Kier molecular flexibility index (Phi) is 3.07. The fraction of sp³-hybridized carbons (Fsp3) is 0.429. The van der Waals surface area contributed by atoms with Crippen LogP contribution in [0.2, 0.25) is 0 Å². The largest absolute Gasteiger partial charge is 0.459 e. The van der Waals surface area contributed by atoms with Crippen LogP contribution in [-0.2, 0) is 4.74 Å². The fourth-order valence-electron chi connectivity index (χ4n) is 2.38. The lowest BCUT2D eigenvalue weighted by Crippen LogP contribution is -2.45. The Balaban J connectivity index is 1.84. The molecule has 0 saturated carbocycles. The molecule has 4 nitrogen and oxygen atoms in total. The van der Waals surface area contributed by atoms with Crippen molar-refractivity contribution in [1.82, 2.24) is 4.90 Å². The Bertz CT molecular complexity index is 504. The Hall–Kier alpha value is -1.36. The summed E-state index contributed by atoms with van der Waals surface area (Å²) in [4.78, 5) is 2.23. The number of ether oxygens (including phenoxy) is 1. The van der Waals surface area contributed by atoms with Gasteiger partial charge >= 0.3 is 0 Å². The highest BCUT2D eigenvalue weighted by molar-refractivity contribution is 5.77. The summed E-state index contributed by atoms with van der Waals surface area (Å²) < 4.78 is 11.5. The van der Waals surface area contributed by atoms with Crippen molar-refractivity contribution < 1.29 is 9.15 Å². The lowest BCUT2D eigenvalue weighted by atomic mass is 10.1. The highest BCUT2D eigenvalue weighted by atomic mass is 16.5. The van der Waals surface area contributed by atoms with Crippen LogP contribution in [0.25, 0.3) is 11.0 Å². The number of furan rings is 1. The molecule has 2 N–H and O–H groups in total. The minimum Gasteiger partial charge on any atom is -0.459 e. The molecule has 2 heterocycles. The number of fused-ring (bicyclic) bond motifs is 1. The maximum Gasteiger partial charge on any atom is 0.134 e. The topological polar surface area (TPSA) is 51.6 Å². The first-order valence-corrected chi connectivity index (χ1v) is 6.28. The molecule has 2 aromatic rings. The zero-order valence-corrected chi connectivity index (χ0v) is 10.5. The third kappa shape index (κ3) is 2.14. The Morgan fingerprint density at radius 2 is 2.22 bits per heavy atom. The second-order valence-electron chi connectivity index (χ2n) is 4.88. The molecule has 1 aromatic heterocycles. The third-order valence-electron chi connectivity index (χ3n) is 3.47. The van der Waals surface area contributed by atoms with E-state index in [-0.39, 0.29) is 12.1 Å². The van der Waals surface area contributed by atoms with Crippen molar-refractivity contribution in [3.63, 3.8) is 0 Å². The summed E-state index contributed by atoms with van der Waals surface area (Å²) in [5, 5.41) is 1.09. The molecule has 2 unspecified atom stereocenters. The van der Waals surface area contributed by atoms with E-state index in [1.54, 1.807) is 0 Å². The molecule has 0 bridgehead atoms. The number of nitrogens with zero attached hydrogens (tertiary/aromatic N) is 1. The van der Waals surface area contributed by atoms with Crippen molar-refractivity contribution in [2.45, 2.75) is 12.1 Å². The molecule has 4 heteroatoms. The fourth-order valence-corrected chi connectivity index (χ4v) is 2.38. The van der Waals surface area contributed by atoms with Crippen LogP contribution in [0, 0.1) is 0 Å². The summed E-state index contributed by atoms with van der Waals surface area (Å²) >= 11 is 0. The number of para-hydroxylation sites is 1. The lowest BCUT2D eigenvalue weighted by molar-refractivity contribution is -0.0354. The quantitative estimate of drug-likeness (QED) is 0.877. The first-order valence-electron chi connectivity index (χ1n) is 6.28. The molecule has 1 aliphatic rings. The maximum absolute atomic E-state index is 6.25. The van der Waals surface area contributed by atoms with Gasteiger partial charge in [-0.25, -0.2) is 0 Å². The molecule has 0 radical (unpaired) electrons. The number of nitrogens with two attached hydrogens (primary N) is 1. The van der Waals surface area contributed by atoms with Gasteiger partial charge in [-0.05, 0) is 19.2 Å². The molecule has 1 aromatic carbocycles. The second-order valence-corrected chi connectivity index (χ2v) is 4.88. The number of benzene rings is 1. The number of rotatable bonds is 2. The van der Waals surface area contributed by atoms with E-state index in [4.69, 9.17) is 14.9 Å². The molecule has 1 fully saturated rings. The van der Waals surface area contributed by atoms with E-state index in [0.717, 1.165) is 36.4 Å². The third-order valence-corrected chi connectivity index (χ3v) is 3.47. The van der Waals surface area contributed by atoms with Crippen molar-refractivity contribution in [3.8, 4) is 0 Å². The Labute approximate surface area is 106 Å². The van der Waals surface area contributed by atoms with Crippen LogP contribution in [0.5, 0.6) is 0 Å². The van der Waals surface area contributed by atoms with Gasteiger partial charge in [-0.1, -0.05) is 18.2 Å². The monoisotopic (exact) mass is 246 g/mol.